The van der Waals surface area contributed by atoms with Crippen molar-refractivity contribution in [2.45, 2.75) is 76.1 Å². The van der Waals surface area contributed by atoms with Gasteiger partial charge in [-0.2, -0.15) is 18.4 Å². The zero-order chi connectivity index (χ0) is 35.0. The number of anilines is 1. The number of carbonyl (C=O) groups excluding carboxylic acids is 2. The normalized spacial score (nSPS) is 29.1. The van der Waals surface area contributed by atoms with E-state index in [4.69, 9.17) is 36.4 Å². The number of benzene rings is 1. The lowest BCUT2D eigenvalue weighted by atomic mass is 9.36. The lowest BCUT2D eigenvalue weighted by Gasteiger charge is -2.72. The average Bonchev–Trinajstić information content (AvgIpc) is 3.60. The molecule has 5 atom stereocenters. The van der Waals surface area contributed by atoms with Crippen LogP contribution in [-0.2, 0) is 34.7 Å². The molecule has 14 heteroatoms. The third kappa shape index (κ3) is 6.57. The second kappa shape index (κ2) is 14.1. The molecule has 0 radical (unpaired) electrons. The predicted octanol–water partition coefficient (Wildman–Crippen LogP) is 4.83. The Morgan fingerprint density at radius 3 is 2.37 bits per heavy atom. The fraction of sp³-hybridized carbons (Fsp3) is 0.714. The van der Waals surface area contributed by atoms with Crippen LogP contribution in [-0.4, -0.2) is 92.3 Å². The molecule has 268 valence electrons. The van der Waals surface area contributed by atoms with Crippen LogP contribution in [0.2, 0.25) is 0 Å². The highest BCUT2D eigenvalue weighted by molar-refractivity contribution is 7.80. The predicted molar refractivity (Wildman–Crippen MR) is 176 cm³/mol. The molecule has 1 heterocycles. The van der Waals surface area contributed by atoms with Crippen LogP contribution < -0.4 is 10.2 Å². The summed E-state index contributed by atoms with van der Waals surface area (Å²) in [6, 6.07) is 4.60. The summed E-state index contributed by atoms with van der Waals surface area (Å²) >= 11 is 5.49. The molecule has 49 heavy (non-hydrogen) atoms. The Hall–Kier alpha value is -2.83. The van der Waals surface area contributed by atoms with Gasteiger partial charge in [0.25, 0.3) is 5.91 Å². The van der Waals surface area contributed by atoms with Crippen LogP contribution in [0.4, 0.5) is 18.9 Å². The number of halogens is 3. The minimum absolute atomic E-state index is 0.0394. The molecule has 6 rings (SSSR count). The molecule has 1 aromatic carbocycles. The smallest absolute Gasteiger partial charge is 0.377 e. The SMILES string of the molecule is CC1(C)C(=O)N(c2ccc(C#N)c(C(F)(F)F)c2)C(=S)N1CCCC(=O)NCCOCCOCCOCCOC12CC3CC4CC(C1)C42C3. The number of nitrogens with zero attached hydrogens (tertiary/aromatic N) is 3. The summed E-state index contributed by atoms with van der Waals surface area (Å²) in [4.78, 5) is 28.3. The molecule has 4 aliphatic carbocycles. The molecule has 1 aromatic rings. The first-order valence-corrected chi connectivity index (χ1v) is 17.7. The van der Waals surface area contributed by atoms with Crippen LogP contribution in [0.5, 0.6) is 0 Å². The fourth-order valence-electron chi connectivity index (χ4n) is 9.37. The van der Waals surface area contributed by atoms with E-state index in [9.17, 15) is 22.8 Å². The summed E-state index contributed by atoms with van der Waals surface area (Å²) in [6.45, 7) is 7.19. The van der Waals surface area contributed by atoms with Gasteiger partial charge in [-0.05, 0) is 101 Å². The van der Waals surface area contributed by atoms with E-state index in [1.807, 2.05) is 0 Å². The lowest BCUT2D eigenvalue weighted by Crippen LogP contribution is -2.71. The van der Waals surface area contributed by atoms with Crippen molar-refractivity contribution in [3.8, 4) is 6.07 Å². The summed E-state index contributed by atoms with van der Waals surface area (Å²) in [7, 11) is 0. The Morgan fingerprint density at radius 1 is 1.02 bits per heavy atom. The van der Waals surface area contributed by atoms with E-state index in [0.717, 1.165) is 34.8 Å². The number of ether oxygens (including phenoxy) is 4. The van der Waals surface area contributed by atoms with Crippen LogP contribution in [0.1, 0.15) is 69.9 Å². The van der Waals surface area contributed by atoms with Gasteiger partial charge in [0.2, 0.25) is 5.91 Å². The van der Waals surface area contributed by atoms with Crippen molar-refractivity contribution in [2.24, 2.45) is 23.2 Å². The van der Waals surface area contributed by atoms with Gasteiger partial charge < -0.3 is 29.2 Å². The fourth-order valence-corrected chi connectivity index (χ4v) is 9.88. The molecule has 5 fully saturated rings. The van der Waals surface area contributed by atoms with E-state index in [1.54, 1.807) is 18.7 Å². The molecule has 1 aliphatic heterocycles. The summed E-state index contributed by atoms with van der Waals surface area (Å²) in [5.41, 5.74) is -2.19. The highest BCUT2D eigenvalue weighted by atomic mass is 32.1. The quantitative estimate of drug-likeness (QED) is 0.170. The third-order valence-electron chi connectivity index (χ3n) is 11.5. The minimum atomic E-state index is -4.77. The first-order valence-electron chi connectivity index (χ1n) is 17.3. The van der Waals surface area contributed by atoms with Crippen LogP contribution in [0.15, 0.2) is 18.2 Å². The van der Waals surface area contributed by atoms with Crippen molar-refractivity contribution in [1.82, 2.24) is 10.2 Å². The monoisotopic (exact) mass is 706 g/mol. The number of rotatable bonds is 18. The second-order valence-corrected chi connectivity index (χ2v) is 14.9. The summed E-state index contributed by atoms with van der Waals surface area (Å²) in [5.74, 6) is 2.05. The minimum Gasteiger partial charge on any atom is -0.377 e. The second-order valence-electron chi connectivity index (χ2n) is 14.5. The van der Waals surface area contributed by atoms with Crippen molar-refractivity contribution in [1.29, 1.82) is 5.26 Å². The van der Waals surface area contributed by atoms with Gasteiger partial charge in [-0.25, -0.2) is 0 Å². The third-order valence-corrected chi connectivity index (χ3v) is 11.9. The number of hydrogen-bond donors (Lipinski definition) is 1. The molecule has 5 unspecified atom stereocenters. The Bertz CT molecular complexity index is 1490. The van der Waals surface area contributed by atoms with Crippen LogP contribution in [0.25, 0.3) is 0 Å². The van der Waals surface area contributed by atoms with Crippen molar-refractivity contribution < 1.29 is 41.7 Å². The van der Waals surface area contributed by atoms with E-state index in [-0.39, 0.29) is 35.3 Å². The van der Waals surface area contributed by atoms with E-state index >= 15 is 0 Å². The molecule has 2 amide bonds. The van der Waals surface area contributed by atoms with Crippen LogP contribution in [0, 0.1) is 34.5 Å². The zero-order valence-corrected chi connectivity index (χ0v) is 28.9. The number of amides is 2. The van der Waals surface area contributed by atoms with Gasteiger partial charge in [-0.1, -0.05) is 0 Å². The Morgan fingerprint density at radius 2 is 1.71 bits per heavy atom. The number of carbonyl (C=O) groups is 2. The average molecular weight is 707 g/mol. The van der Waals surface area contributed by atoms with Crippen molar-refractivity contribution >= 4 is 34.8 Å². The molecule has 5 aliphatic rings. The van der Waals surface area contributed by atoms with Gasteiger partial charge in [0.1, 0.15) is 5.54 Å². The summed E-state index contributed by atoms with van der Waals surface area (Å²) in [5, 5.41) is 11.9. The molecule has 4 saturated carbocycles. The van der Waals surface area contributed by atoms with Gasteiger partial charge in [-0.3, -0.25) is 14.5 Å². The standard InChI is InChI=1S/C35H45F3N4O6S/c1-32(2)30(44)42(27-6-5-24(22-39)28(18-27)35(36,37)38)31(49)41(32)8-3-4-29(43)40-7-9-45-10-11-46-12-13-47-14-15-48-33-19-23-16-25-17-26(21-33)34(25,33)20-23/h5-6,18,23,25-26H,3-4,7-17,19-21H2,1-2H3,(H,40,43). The maximum absolute atomic E-state index is 13.5. The summed E-state index contributed by atoms with van der Waals surface area (Å²) in [6.07, 6.45) is 2.53. The van der Waals surface area contributed by atoms with Gasteiger partial charge in [-0.15, -0.1) is 0 Å². The number of alkyl halides is 3. The number of nitrogens with one attached hydrogen (secondary N) is 1. The highest BCUT2D eigenvalue weighted by Gasteiger charge is 2.81. The maximum atomic E-state index is 13.5. The van der Waals surface area contributed by atoms with Gasteiger partial charge in [0.15, 0.2) is 5.11 Å². The Kier molecular flexibility index (Phi) is 10.3. The number of hydrogen-bond acceptors (Lipinski definition) is 8. The van der Waals surface area contributed by atoms with E-state index < -0.39 is 28.7 Å². The molecular formula is C35H45F3N4O6S. The number of fused-ring (bicyclic) bond motifs is 1. The van der Waals surface area contributed by atoms with Crippen molar-refractivity contribution in [3.63, 3.8) is 0 Å². The number of thiocarbonyl (C=S) groups is 1. The van der Waals surface area contributed by atoms with E-state index in [0.29, 0.717) is 64.6 Å². The molecule has 0 aromatic heterocycles. The zero-order valence-electron chi connectivity index (χ0n) is 28.1. The lowest BCUT2D eigenvalue weighted by molar-refractivity contribution is -0.306. The number of nitriles is 1. The van der Waals surface area contributed by atoms with Gasteiger partial charge in [0.05, 0.1) is 74.7 Å². The van der Waals surface area contributed by atoms with Gasteiger partial charge >= 0.3 is 6.18 Å². The van der Waals surface area contributed by atoms with E-state index in [2.05, 4.69) is 5.32 Å². The van der Waals surface area contributed by atoms with E-state index in [1.165, 1.54) is 44.2 Å². The first kappa shape index (κ1) is 36.0. The molecule has 1 spiro atoms. The van der Waals surface area contributed by atoms with Crippen molar-refractivity contribution in [3.05, 3.63) is 29.3 Å². The van der Waals surface area contributed by atoms with Crippen molar-refractivity contribution in [2.75, 3.05) is 64.2 Å². The first-order chi connectivity index (χ1) is 23.3. The Labute approximate surface area is 290 Å². The molecular weight excluding hydrogens is 661 g/mol. The summed E-state index contributed by atoms with van der Waals surface area (Å²) < 4.78 is 63.8. The molecule has 1 N–H and O–H groups in total. The van der Waals surface area contributed by atoms with Gasteiger partial charge in [0, 0.05) is 24.9 Å². The van der Waals surface area contributed by atoms with Crippen LogP contribution >= 0.6 is 12.2 Å². The molecule has 2 bridgehead atoms. The van der Waals surface area contributed by atoms with Crippen LogP contribution in [0.3, 0.4) is 0 Å². The highest BCUT2D eigenvalue weighted by Crippen LogP contribution is 2.83. The maximum Gasteiger partial charge on any atom is 0.417 e. The topological polar surface area (TPSA) is 113 Å². The Balaban J connectivity index is 0.793. The molecule has 1 saturated heterocycles. The largest absolute Gasteiger partial charge is 0.417 e. The molecule has 10 nitrogen and oxygen atoms in total.